The highest BCUT2D eigenvalue weighted by atomic mass is 79.9. The first-order valence-electron chi connectivity index (χ1n) is 5.54. The minimum atomic E-state index is -0.0201. The summed E-state index contributed by atoms with van der Waals surface area (Å²) in [4.78, 5) is 8.16. The van der Waals surface area contributed by atoms with Crippen molar-refractivity contribution >= 4 is 39.1 Å². The summed E-state index contributed by atoms with van der Waals surface area (Å²) in [5, 5.41) is 1.27. The second kappa shape index (κ2) is 6.55. The van der Waals surface area contributed by atoms with Crippen LogP contribution in [0, 0.1) is 0 Å². The van der Waals surface area contributed by atoms with Gasteiger partial charge in [-0.25, -0.2) is 9.97 Å². The maximum atomic E-state index is 6.18. The quantitative estimate of drug-likeness (QED) is 0.753. The Bertz CT molecular complexity index is 560. The molecule has 0 spiro atoms. The number of benzene rings is 1. The zero-order valence-corrected chi connectivity index (χ0v) is 13.2. The molecule has 1 atom stereocenters. The number of hydrogen-bond acceptors (Lipinski definition) is 3. The van der Waals surface area contributed by atoms with Gasteiger partial charge in [0.2, 0.25) is 5.88 Å². The molecule has 1 unspecified atom stereocenters. The Balaban J connectivity index is 2.23. The number of ether oxygens (including phenoxy) is 1. The van der Waals surface area contributed by atoms with Crippen LogP contribution < -0.4 is 4.74 Å². The second-order valence-electron chi connectivity index (χ2n) is 3.86. The first-order valence-corrected chi connectivity index (χ1v) is 7.22. The molecule has 2 aromatic rings. The number of halogens is 3. The first-order chi connectivity index (χ1) is 9.11. The molecule has 100 valence electrons. The Hall–Kier alpha value is -0.840. The number of aromatic nitrogens is 2. The summed E-state index contributed by atoms with van der Waals surface area (Å²) < 4.78 is 5.07. The van der Waals surface area contributed by atoms with Gasteiger partial charge in [0, 0.05) is 38.6 Å². The molecule has 0 N–H and O–H groups in total. The van der Waals surface area contributed by atoms with E-state index in [1.807, 2.05) is 18.2 Å². The fourth-order valence-electron chi connectivity index (χ4n) is 1.70. The molecule has 0 saturated carbocycles. The van der Waals surface area contributed by atoms with Gasteiger partial charge in [0.05, 0.1) is 7.11 Å². The van der Waals surface area contributed by atoms with Crippen LogP contribution in [0.3, 0.4) is 0 Å². The third-order valence-corrected chi connectivity index (χ3v) is 4.05. The Kier molecular flexibility index (Phi) is 5.02. The number of nitrogens with zero attached hydrogens (tertiary/aromatic N) is 2. The van der Waals surface area contributed by atoms with Crippen LogP contribution in [-0.2, 0) is 6.42 Å². The zero-order valence-electron chi connectivity index (χ0n) is 10.1. The Morgan fingerprint density at radius 2 is 1.95 bits per heavy atom. The molecule has 0 aliphatic rings. The van der Waals surface area contributed by atoms with Crippen LogP contribution in [0.1, 0.15) is 16.1 Å². The number of hydrogen-bond donors (Lipinski definition) is 0. The average molecular weight is 362 g/mol. The van der Waals surface area contributed by atoms with Crippen molar-refractivity contribution in [3.8, 4) is 5.88 Å². The zero-order chi connectivity index (χ0) is 13.8. The smallest absolute Gasteiger partial charge is 0.216 e. The van der Waals surface area contributed by atoms with Crippen molar-refractivity contribution in [2.24, 2.45) is 0 Å². The van der Waals surface area contributed by atoms with Crippen molar-refractivity contribution < 1.29 is 4.74 Å². The summed E-state index contributed by atoms with van der Waals surface area (Å²) in [7, 11) is 1.57. The Labute approximate surface area is 130 Å². The SMILES string of the molecule is COc1cc(CC(Br)c2c(Cl)cccc2Cl)ncn1. The molecule has 0 aliphatic carbocycles. The van der Waals surface area contributed by atoms with Gasteiger partial charge in [-0.05, 0) is 12.1 Å². The molecular weight excluding hydrogens is 351 g/mol. The maximum Gasteiger partial charge on any atom is 0.216 e. The van der Waals surface area contributed by atoms with E-state index in [2.05, 4.69) is 25.9 Å². The lowest BCUT2D eigenvalue weighted by Crippen LogP contribution is -2.01. The molecule has 1 aromatic heterocycles. The van der Waals surface area contributed by atoms with Crippen molar-refractivity contribution in [2.75, 3.05) is 7.11 Å². The van der Waals surface area contributed by atoms with Crippen LogP contribution in [0.15, 0.2) is 30.6 Å². The van der Waals surface area contributed by atoms with Gasteiger partial charge < -0.3 is 4.74 Å². The number of alkyl halides is 1. The molecule has 1 heterocycles. The summed E-state index contributed by atoms with van der Waals surface area (Å²) >= 11 is 16.0. The molecule has 0 radical (unpaired) electrons. The van der Waals surface area contributed by atoms with Crippen LogP contribution in [0.5, 0.6) is 5.88 Å². The van der Waals surface area contributed by atoms with Gasteiger partial charge in [0.15, 0.2) is 0 Å². The van der Waals surface area contributed by atoms with Gasteiger partial charge in [-0.3, -0.25) is 0 Å². The van der Waals surface area contributed by atoms with E-state index in [0.29, 0.717) is 22.3 Å². The van der Waals surface area contributed by atoms with E-state index in [-0.39, 0.29) is 4.83 Å². The molecule has 2 rings (SSSR count). The molecule has 3 nitrogen and oxygen atoms in total. The minimum absolute atomic E-state index is 0.0201. The van der Waals surface area contributed by atoms with Crippen LogP contribution in [-0.4, -0.2) is 17.1 Å². The molecule has 19 heavy (non-hydrogen) atoms. The summed E-state index contributed by atoms with van der Waals surface area (Å²) in [6.07, 6.45) is 2.12. The van der Waals surface area contributed by atoms with E-state index in [4.69, 9.17) is 27.9 Å². The van der Waals surface area contributed by atoms with E-state index in [9.17, 15) is 0 Å². The van der Waals surface area contributed by atoms with Crippen LogP contribution >= 0.6 is 39.1 Å². The van der Waals surface area contributed by atoms with Gasteiger partial charge in [0.1, 0.15) is 6.33 Å². The number of methoxy groups -OCH3 is 1. The van der Waals surface area contributed by atoms with E-state index >= 15 is 0 Å². The first kappa shape index (κ1) is 14.6. The fraction of sp³-hybridized carbons (Fsp3) is 0.231. The fourth-order valence-corrected chi connectivity index (χ4v) is 3.45. The predicted molar refractivity (Wildman–Crippen MR) is 80.4 cm³/mol. The van der Waals surface area contributed by atoms with Crippen LogP contribution in [0.25, 0.3) is 0 Å². The molecule has 1 aromatic carbocycles. The summed E-state index contributed by atoms with van der Waals surface area (Å²) in [5.41, 5.74) is 1.72. The molecule has 0 aliphatic heterocycles. The van der Waals surface area contributed by atoms with Gasteiger partial charge in [-0.2, -0.15) is 0 Å². The molecular formula is C13H11BrCl2N2O. The lowest BCUT2D eigenvalue weighted by molar-refractivity contribution is 0.396. The normalized spacial score (nSPS) is 12.2. The van der Waals surface area contributed by atoms with Crippen molar-refractivity contribution in [3.05, 3.63) is 51.9 Å². The third kappa shape index (κ3) is 3.59. The van der Waals surface area contributed by atoms with Crippen LogP contribution in [0.2, 0.25) is 10.0 Å². The monoisotopic (exact) mass is 360 g/mol. The highest BCUT2D eigenvalue weighted by Gasteiger charge is 2.16. The van der Waals surface area contributed by atoms with Gasteiger partial charge in [-0.1, -0.05) is 45.2 Å². The average Bonchev–Trinajstić information content (AvgIpc) is 2.38. The van der Waals surface area contributed by atoms with E-state index in [1.54, 1.807) is 13.2 Å². The van der Waals surface area contributed by atoms with Crippen molar-refractivity contribution in [2.45, 2.75) is 11.2 Å². The van der Waals surface area contributed by atoms with Gasteiger partial charge in [0.25, 0.3) is 0 Å². The lowest BCUT2D eigenvalue weighted by atomic mass is 10.1. The lowest BCUT2D eigenvalue weighted by Gasteiger charge is -2.13. The molecule has 0 amide bonds. The predicted octanol–water partition coefficient (Wildman–Crippen LogP) is 4.47. The van der Waals surface area contributed by atoms with E-state index < -0.39 is 0 Å². The summed E-state index contributed by atoms with van der Waals surface area (Å²) in [5.74, 6) is 0.537. The van der Waals surface area contributed by atoms with Crippen molar-refractivity contribution in [1.82, 2.24) is 9.97 Å². The second-order valence-corrected chi connectivity index (χ2v) is 5.78. The summed E-state index contributed by atoms with van der Waals surface area (Å²) in [6, 6.07) is 7.25. The Morgan fingerprint density at radius 1 is 1.26 bits per heavy atom. The van der Waals surface area contributed by atoms with Crippen molar-refractivity contribution in [3.63, 3.8) is 0 Å². The van der Waals surface area contributed by atoms with Crippen molar-refractivity contribution in [1.29, 1.82) is 0 Å². The third-order valence-electron chi connectivity index (χ3n) is 2.61. The number of rotatable bonds is 4. The highest BCUT2D eigenvalue weighted by molar-refractivity contribution is 9.09. The topological polar surface area (TPSA) is 35.0 Å². The standard InChI is InChI=1S/C13H11BrCl2N2O/c1-19-12-6-8(17-7-18-12)5-9(14)13-10(15)3-2-4-11(13)16/h2-4,6-7,9H,5H2,1H3. The van der Waals surface area contributed by atoms with E-state index in [0.717, 1.165) is 11.3 Å². The summed E-state index contributed by atoms with van der Waals surface area (Å²) in [6.45, 7) is 0. The van der Waals surface area contributed by atoms with Crippen LogP contribution in [0.4, 0.5) is 0 Å². The molecule has 0 saturated heterocycles. The van der Waals surface area contributed by atoms with Gasteiger partial charge in [-0.15, -0.1) is 0 Å². The van der Waals surface area contributed by atoms with Gasteiger partial charge >= 0.3 is 0 Å². The molecule has 6 heteroatoms. The molecule has 0 fully saturated rings. The highest BCUT2D eigenvalue weighted by Crippen LogP contribution is 2.37. The maximum absolute atomic E-state index is 6.18. The minimum Gasteiger partial charge on any atom is -0.481 e. The van der Waals surface area contributed by atoms with E-state index in [1.165, 1.54) is 6.33 Å². The molecule has 0 bridgehead atoms. The Morgan fingerprint density at radius 3 is 2.58 bits per heavy atom. The largest absolute Gasteiger partial charge is 0.481 e.